The molecule has 0 radical (unpaired) electrons. The number of rotatable bonds is 12. The van der Waals surface area contributed by atoms with E-state index in [2.05, 4.69) is 72.2 Å². The third-order valence-electron chi connectivity index (χ3n) is 7.22. The number of allylic oxidation sites excluding steroid dienone is 1. The molecule has 2 aromatic carbocycles. The highest BCUT2D eigenvalue weighted by atomic mass is 16.5. The Bertz CT molecular complexity index is 904. The number of hydrogen-bond acceptors (Lipinski definition) is 4. The Labute approximate surface area is 206 Å². The second-order valence-corrected chi connectivity index (χ2v) is 9.53. The molecule has 2 aliphatic heterocycles. The minimum absolute atomic E-state index is 0.750. The molecule has 0 aromatic heterocycles. The van der Waals surface area contributed by atoms with Crippen molar-refractivity contribution in [3.63, 3.8) is 0 Å². The maximum Gasteiger partial charge on any atom is 0.119 e. The summed E-state index contributed by atoms with van der Waals surface area (Å²) in [6, 6.07) is 17.3. The van der Waals surface area contributed by atoms with E-state index in [1.54, 1.807) is 0 Å². The largest absolute Gasteiger partial charge is 0.492 e. The smallest absolute Gasteiger partial charge is 0.119 e. The molecule has 0 amide bonds. The standard InChI is InChI=1S/C30H42N2O2/c1-3-25(4-2)30(26-12-14-28(15-13-26)33-22-20-31-16-5-6-17-31)27-10-9-11-29(24-27)34-23-21-32-18-7-8-19-32/h9-15,24H,3-8,16-23H2,1-2H3. The molecule has 0 aliphatic carbocycles. The van der Waals surface area contributed by atoms with Gasteiger partial charge in [-0.1, -0.05) is 43.7 Å². The normalized spacial score (nSPS) is 16.6. The molecule has 0 N–H and O–H groups in total. The Morgan fingerprint density at radius 2 is 1.24 bits per heavy atom. The van der Waals surface area contributed by atoms with Crippen molar-refractivity contribution in [2.45, 2.75) is 52.4 Å². The number of benzene rings is 2. The van der Waals surface area contributed by atoms with Gasteiger partial charge in [0.1, 0.15) is 24.7 Å². The zero-order valence-corrected chi connectivity index (χ0v) is 21.2. The molecule has 2 saturated heterocycles. The monoisotopic (exact) mass is 462 g/mol. The summed E-state index contributed by atoms with van der Waals surface area (Å²) in [6.45, 7) is 12.9. The van der Waals surface area contributed by atoms with Gasteiger partial charge >= 0.3 is 0 Å². The van der Waals surface area contributed by atoms with E-state index in [-0.39, 0.29) is 0 Å². The number of nitrogens with zero attached hydrogens (tertiary/aromatic N) is 2. The summed E-state index contributed by atoms with van der Waals surface area (Å²) in [6.07, 6.45) is 7.38. The van der Waals surface area contributed by atoms with E-state index in [9.17, 15) is 0 Å². The van der Waals surface area contributed by atoms with Crippen LogP contribution in [0.25, 0.3) is 5.57 Å². The molecule has 2 heterocycles. The van der Waals surface area contributed by atoms with Crippen LogP contribution < -0.4 is 9.47 Å². The molecule has 4 nitrogen and oxygen atoms in total. The van der Waals surface area contributed by atoms with Crippen LogP contribution in [0.2, 0.25) is 0 Å². The molecule has 184 valence electrons. The van der Waals surface area contributed by atoms with Crippen molar-refractivity contribution >= 4 is 5.57 Å². The molecule has 0 atom stereocenters. The second-order valence-electron chi connectivity index (χ2n) is 9.53. The summed E-state index contributed by atoms with van der Waals surface area (Å²) in [5.41, 5.74) is 5.29. The van der Waals surface area contributed by atoms with E-state index in [0.717, 1.165) is 50.6 Å². The van der Waals surface area contributed by atoms with Crippen LogP contribution in [0.3, 0.4) is 0 Å². The highest BCUT2D eigenvalue weighted by Crippen LogP contribution is 2.33. The van der Waals surface area contributed by atoms with Gasteiger partial charge in [0, 0.05) is 13.1 Å². The summed E-state index contributed by atoms with van der Waals surface area (Å²) < 4.78 is 12.2. The maximum absolute atomic E-state index is 6.16. The van der Waals surface area contributed by atoms with Crippen LogP contribution in [-0.4, -0.2) is 62.3 Å². The van der Waals surface area contributed by atoms with Crippen molar-refractivity contribution in [1.82, 2.24) is 9.80 Å². The second kappa shape index (κ2) is 13.0. The molecule has 2 aromatic rings. The minimum atomic E-state index is 0.750. The maximum atomic E-state index is 6.16. The number of hydrogen-bond donors (Lipinski definition) is 0. The van der Waals surface area contributed by atoms with Crippen molar-refractivity contribution in [1.29, 1.82) is 0 Å². The van der Waals surface area contributed by atoms with E-state index in [1.807, 2.05) is 0 Å². The molecule has 0 saturated carbocycles. The molecule has 0 unspecified atom stereocenters. The summed E-state index contributed by atoms with van der Waals surface area (Å²) in [7, 11) is 0. The van der Waals surface area contributed by atoms with Gasteiger partial charge in [-0.25, -0.2) is 0 Å². The third-order valence-corrected chi connectivity index (χ3v) is 7.22. The quantitative estimate of drug-likeness (QED) is 0.372. The average molecular weight is 463 g/mol. The fraction of sp³-hybridized carbons (Fsp3) is 0.533. The van der Waals surface area contributed by atoms with Gasteiger partial charge in [0.25, 0.3) is 0 Å². The lowest BCUT2D eigenvalue weighted by molar-refractivity contribution is 0.237. The van der Waals surface area contributed by atoms with Crippen LogP contribution in [0.1, 0.15) is 63.5 Å². The predicted octanol–water partition coefficient (Wildman–Crippen LogP) is 6.26. The Balaban J connectivity index is 1.43. The molecule has 4 rings (SSSR count). The van der Waals surface area contributed by atoms with E-state index >= 15 is 0 Å². The molecule has 34 heavy (non-hydrogen) atoms. The summed E-state index contributed by atoms with van der Waals surface area (Å²) in [5, 5.41) is 0. The highest BCUT2D eigenvalue weighted by Gasteiger charge is 2.14. The van der Waals surface area contributed by atoms with Gasteiger partial charge < -0.3 is 9.47 Å². The van der Waals surface area contributed by atoms with Crippen LogP contribution in [0.5, 0.6) is 11.5 Å². The summed E-state index contributed by atoms with van der Waals surface area (Å²) in [5.74, 6) is 1.92. The highest BCUT2D eigenvalue weighted by molar-refractivity contribution is 5.82. The minimum Gasteiger partial charge on any atom is -0.492 e. The van der Waals surface area contributed by atoms with Crippen LogP contribution in [0.15, 0.2) is 54.1 Å². The van der Waals surface area contributed by atoms with Gasteiger partial charge in [-0.15, -0.1) is 0 Å². The Morgan fingerprint density at radius 3 is 1.79 bits per heavy atom. The van der Waals surface area contributed by atoms with Crippen LogP contribution >= 0.6 is 0 Å². The molecular formula is C30H42N2O2. The van der Waals surface area contributed by atoms with Crippen LogP contribution in [0, 0.1) is 0 Å². The molecule has 0 spiro atoms. The summed E-state index contributed by atoms with van der Waals surface area (Å²) in [4.78, 5) is 4.99. The zero-order valence-electron chi connectivity index (χ0n) is 21.2. The van der Waals surface area contributed by atoms with Crippen molar-refractivity contribution in [3.05, 3.63) is 65.2 Å². The van der Waals surface area contributed by atoms with Gasteiger partial charge in [0.15, 0.2) is 0 Å². The lowest BCUT2D eigenvalue weighted by Gasteiger charge is -2.18. The van der Waals surface area contributed by atoms with Gasteiger partial charge in [0.05, 0.1) is 0 Å². The summed E-state index contributed by atoms with van der Waals surface area (Å²) >= 11 is 0. The van der Waals surface area contributed by atoms with Gasteiger partial charge in [-0.2, -0.15) is 0 Å². The fourth-order valence-electron chi connectivity index (χ4n) is 5.24. The van der Waals surface area contributed by atoms with E-state index in [0.29, 0.717) is 0 Å². The Kier molecular flexibility index (Phi) is 9.46. The number of ether oxygens (including phenoxy) is 2. The topological polar surface area (TPSA) is 24.9 Å². The Morgan fingerprint density at radius 1 is 0.676 bits per heavy atom. The van der Waals surface area contributed by atoms with Crippen LogP contribution in [-0.2, 0) is 0 Å². The van der Waals surface area contributed by atoms with E-state index in [1.165, 1.54) is 74.1 Å². The lowest BCUT2D eigenvalue weighted by Crippen LogP contribution is -2.25. The predicted molar refractivity (Wildman–Crippen MR) is 142 cm³/mol. The van der Waals surface area contributed by atoms with Crippen molar-refractivity contribution in [3.8, 4) is 11.5 Å². The molecule has 2 aliphatic rings. The first kappa shape index (κ1) is 24.8. The van der Waals surface area contributed by atoms with Gasteiger partial charge in [-0.05, 0) is 106 Å². The van der Waals surface area contributed by atoms with Crippen LogP contribution in [0.4, 0.5) is 0 Å². The average Bonchev–Trinajstić information content (AvgIpc) is 3.58. The van der Waals surface area contributed by atoms with Gasteiger partial charge in [-0.3, -0.25) is 9.80 Å². The first-order valence-electron chi connectivity index (χ1n) is 13.4. The SMILES string of the molecule is CCC(CC)=C(c1ccc(OCCN2CCCC2)cc1)c1cccc(OCCN2CCCC2)c1. The van der Waals surface area contributed by atoms with Crippen molar-refractivity contribution in [2.75, 3.05) is 52.5 Å². The third kappa shape index (κ3) is 6.86. The van der Waals surface area contributed by atoms with E-state index < -0.39 is 0 Å². The Hall–Kier alpha value is -2.30. The molecule has 2 fully saturated rings. The van der Waals surface area contributed by atoms with Crippen molar-refractivity contribution in [2.24, 2.45) is 0 Å². The van der Waals surface area contributed by atoms with Gasteiger partial charge in [0.2, 0.25) is 0 Å². The molecule has 0 bridgehead atoms. The zero-order chi connectivity index (χ0) is 23.6. The van der Waals surface area contributed by atoms with Crippen molar-refractivity contribution < 1.29 is 9.47 Å². The first-order chi connectivity index (χ1) is 16.8. The first-order valence-corrected chi connectivity index (χ1v) is 13.4. The molecular weight excluding hydrogens is 420 g/mol. The van der Waals surface area contributed by atoms with E-state index in [4.69, 9.17) is 9.47 Å². The fourth-order valence-corrected chi connectivity index (χ4v) is 5.24. The number of likely N-dealkylation sites (tertiary alicyclic amines) is 2. The lowest BCUT2D eigenvalue weighted by atomic mass is 9.90. The molecule has 4 heteroatoms.